The number of likely N-dealkylation sites (N-methyl/N-ethyl adjacent to an activating group) is 1. The Kier molecular flexibility index (Phi) is 15.1. The molecule has 0 saturated carbocycles. The van der Waals surface area contributed by atoms with Crippen LogP contribution >= 0.6 is 0 Å². The highest BCUT2D eigenvalue weighted by atomic mass is 16.5. The second-order valence-electron chi connectivity index (χ2n) is 10.7. The summed E-state index contributed by atoms with van der Waals surface area (Å²) < 4.78 is 5.66. The topological polar surface area (TPSA) is 239 Å². The number of aliphatic carboxylic acids is 2. The fourth-order valence-electron chi connectivity index (χ4n) is 5.24. The summed E-state index contributed by atoms with van der Waals surface area (Å²) in [5, 5.41) is 26.4. The van der Waals surface area contributed by atoms with Crippen LogP contribution in [0.25, 0.3) is 0 Å². The molecule has 0 bridgehead atoms. The third-order valence-corrected chi connectivity index (χ3v) is 7.49. The minimum absolute atomic E-state index is 0.0826. The lowest BCUT2D eigenvalue weighted by atomic mass is 9.93. The highest BCUT2D eigenvalue weighted by Gasteiger charge is 2.38. The molecule has 3 amide bonds. The Morgan fingerprint density at radius 3 is 2.36 bits per heavy atom. The van der Waals surface area contributed by atoms with Gasteiger partial charge in [0.05, 0.1) is 24.6 Å². The molecular weight excluding hydrogens is 574 g/mol. The van der Waals surface area contributed by atoms with Crippen molar-refractivity contribution in [3.05, 3.63) is 35.9 Å². The van der Waals surface area contributed by atoms with Crippen molar-refractivity contribution >= 4 is 35.6 Å². The van der Waals surface area contributed by atoms with Crippen molar-refractivity contribution in [2.75, 3.05) is 27.2 Å². The number of likely N-dealkylation sites (tertiary alicyclic amines) is 1. The van der Waals surface area contributed by atoms with Gasteiger partial charge in [-0.3, -0.25) is 24.2 Å². The van der Waals surface area contributed by atoms with Gasteiger partial charge in [-0.05, 0) is 51.1 Å². The monoisotopic (exact) mass is 619 g/mol. The molecule has 1 saturated heterocycles. The standard InChI is InChI=1S/C29H45N7O8/c1-32-20(16-18-8-4-3-5-9-18)26(40)35-19(10-6-14-33-29(30)31)27(41)36-15-7-11-23(44-2)22(36)12-13-24(37)34-21(28(42)43)17-25(38)39/h3-5,8-9,19-23,32H,6-7,10-17H2,1-2H3,(H,34,37)(H,35,40)(H,38,39)(H,42,43)(H4,30,31,33)/t19-,20+,21-,22+,23+/m0/s1. The Labute approximate surface area is 256 Å². The molecule has 1 aromatic carbocycles. The second kappa shape index (κ2) is 18.4. The Morgan fingerprint density at radius 2 is 1.77 bits per heavy atom. The number of aliphatic imine (C=N–C) groups is 1. The summed E-state index contributed by atoms with van der Waals surface area (Å²) in [5.74, 6) is -4.27. The van der Waals surface area contributed by atoms with Crippen LogP contribution in [0, 0.1) is 0 Å². The number of nitrogens with two attached hydrogens (primary N) is 2. The number of rotatable bonds is 18. The fraction of sp³-hybridized carbons (Fsp3) is 0.586. The van der Waals surface area contributed by atoms with Crippen LogP contribution in [-0.2, 0) is 35.1 Å². The predicted octanol–water partition coefficient (Wildman–Crippen LogP) is -0.814. The zero-order valence-corrected chi connectivity index (χ0v) is 25.2. The number of carboxylic acids is 2. The number of carboxylic acid groups (broad SMARTS) is 2. The maximum absolute atomic E-state index is 14.0. The third kappa shape index (κ3) is 11.8. The van der Waals surface area contributed by atoms with Gasteiger partial charge >= 0.3 is 11.9 Å². The van der Waals surface area contributed by atoms with E-state index in [4.69, 9.17) is 21.3 Å². The van der Waals surface area contributed by atoms with Gasteiger partial charge in [-0.25, -0.2) is 4.79 Å². The molecule has 15 heteroatoms. The largest absolute Gasteiger partial charge is 0.481 e. The molecule has 1 aliphatic heterocycles. The molecule has 1 aliphatic rings. The van der Waals surface area contributed by atoms with Gasteiger partial charge in [-0.1, -0.05) is 30.3 Å². The maximum Gasteiger partial charge on any atom is 0.326 e. The number of benzene rings is 1. The minimum Gasteiger partial charge on any atom is -0.481 e. The van der Waals surface area contributed by atoms with Crippen LogP contribution in [0.1, 0.15) is 50.5 Å². The van der Waals surface area contributed by atoms with E-state index in [0.29, 0.717) is 32.2 Å². The van der Waals surface area contributed by atoms with Crippen molar-refractivity contribution in [1.29, 1.82) is 0 Å². The molecule has 5 atom stereocenters. The number of hydrogen-bond acceptors (Lipinski definition) is 8. The lowest BCUT2D eigenvalue weighted by Crippen LogP contribution is -2.59. The van der Waals surface area contributed by atoms with Gasteiger partial charge in [-0.2, -0.15) is 0 Å². The Hall–Kier alpha value is -4.24. The van der Waals surface area contributed by atoms with Crippen LogP contribution in [0.15, 0.2) is 35.3 Å². The molecule has 0 radical (unpaired) electrons. The minimum atomic E-state index is -1.58. The number of carbonyl (C=O) groups excluding carboxylic acids is 3. The van der Waals surface area contributed by atoms with Crippen LogP contribution in [-0.4, -0.2) is 108 Å². The van der Waals surface area contributed by atoms with E-state index in [0.717, 1.165) is 5.56 Å². The number of carbonyl (C=O) groups is 5. The summed E-state index contributed by atoms with van der Waals surface area (Å²) >= 11 is 0. The van der Waals surface area contributed by atoms with E-state index in [9.17, 15) is 29.1 Å². The summed E-state index contributed by atoms with van der Waals surface area (Å²) in [6, 6.07) is 5.83. The van der Waals surface area contributed by atoms with Gasteiger partial charge in [0.2, 0.25) is 17.7 Å². The molecule has 0 unspecified atom stereocenters. The highest BCUT2D eigenvalue weighted by Crippen LogP contribution is 2.25. The van der Waals surface area contributed by atoms with E-state index in [1.54, 1.807) is 11.9 Å². The predicted molar refractivity (Wildman–Crippen MR) is 161 cm³/mol. The summed E-state index contributed by atoms with van der Waals surface area (Å²) in [6.07, 6.45) is 1.12. The second-order valence-corrected chi connectivity index (χ2v) is 10.7. The first kappa shape index (κ1) is 36.0. The SMILES string of the molecule is CN[C@H](Cc1ccccc1)C(=O)N[C@@H](CCCN=C(N)N)C(=O)N1CCC[C@@H](OC)[C@H]1CCC(=O)N[C@@H](CC(=O)O)C(=O)O. The van der Waals surface area contributed by atoms with Crippen LogP contribution in [0.3, 0.4) is 0 Å². The van der Waals surface area contributed by atoms with Crippen molar-refractivity contribution in [3.8, 4) is 0 Å². The quantitative estimate of drug-likeness (QED) is 0.0609. The Balaban J connectivity index is 2.22. The van der Waals surface area contributed by atoms with Crippen LogP contribution in [0.4, 0.5) is 0 Å². The van der Waals surface area contributed by atoms with Crippen molar-refractivity contribution < 1.29 is 38.9 Å². The zero-order chi connectivity index (χ0) is 32.6. The first-order chi connectivity index (χ1) is 21.0. The molecule has 244 valence electrons. The van der Waals surface area contributed by atoms with Gasteiger partial charge in [0.15, 0.2) is 5.96 Å². The normalized spacial score (nSPS) is 18.4. The summed E-state index contributed by atoms with van der Waals surface area (Å²) in [7, 11) is 3.18. The van der Waals surface area contributed by atoms with E-state index in [1.165, 1.54) is 7.11 Å². The number of ether oxygens (including phenoxy) is 1. The average molecular weight is 620 g/mol. The molecule has 1 aromatic rings. The van der Waals surface area contributed by atoms with Gasteiger partial charge in [-0.15, -0.1) is 0 Å². The molecule has 0 aromatic heterocycles. The lowest BCUT2D eigenvalue weighted by Gasteiger charge is -2.42. The fourth-order valence-corrected chi connectivity index (χ4v) is 5.24. The molecule has 44 heavy (non-hydrogen) atoms. The van der Waals surface area contributed by atoms with Gasteiger partial charge in [0.25, 0.3) is 0 Å². The molecule has 0 aliphatic carbocycles. The number of nitrogens with one attached hydrogen (secondary N) is 3. The van der Waals surface area contributed by atoms with Crippen LogP contribution < -0.4 is 27.4 Å². The number of guanidine groups is 1. The molecule has 2 rings (SSSR count). The number of hydrogen-bond donors (Lipinski definition) is 7. The van der Waals surface area contributed by atoms with Gasteiger partial charge in [0.1, 0.15) is 12.1 Å². The van der Waals surface area contributed by atoms with Crippen LogP contribution in [0.2, 0.25) is 0 Å². The smallest absolute Gasteiger partial charge is 0.326 e. The van der Waals surface area contributed by atoms with Gasteiger partial charge < -0.3 is 47.3 Å². The average Bonchev–Trinajstić information content (AvgIpc) is 2.99. The first-order valence-electron chi connectivity index (χ1n) is 14.6. The Bertz CT molecular complexity index is 1150. The van der Waals surface area contributed by atoms with Crippen molar-refractivity contribution in [2.24, 2.45) is 16.5 Å². The third-order valence-electron chi connectivity index (χ3n) is 7.49. The molecule has 1 heterocycles. The number of piperidine rings is 1. The molecule has 15 nitrogen and oxygen atoms in total. The molecular formula is C29H45N7O8. The zero-order valence-electron chi connectivity index (χ0n) is 25.2. The van der Waals surface area contributed by atoms with E-state index in [-0.39, 0.29) is 43.6 Å². The molecule has 9 N–H and O–H groups in total. The van der Waals surface area contributed by atoms with E-state index in [2.05, 4.69) is 20.9 Å². The summed E-state index contributed by atoms with van der Waals surface area (Å²) in [6.45, 7) is 0.619. The van der Waals surface area contributed by atoms with E-state index >= 15 is 0 Å². The van der Waals surface area contributed by atoms with Crippen LogP contribution in [0.5, 0.6) is 0 Å². The maximum atomic E-state index is 14.0. The highest BCUT2D eigenvalue weighted by molar-refractivity contribution is 5.90. The lowest BCUT2D eigenvalue weighted by molar-refractivity contribution is -0.147. The van der Waals surface area contributed by atoms with E-state index < -0.39 is 54.5 Å². The number of nitrogens with zero attached hydrogens (tertiary/aromatic N) is 2. The summed E-state index contributed by atoms with van der Waals surface area (Å²) in [4.78, 5) is 68.0. The van der Waals surface area contributed by atoms with Crippen molar-refractivity contribution in [3.63, 3.8) is 0 Å². The van der Waals surface area contributed by atoms with Gasteiger partial charge in [0, 0.05) is 26.6 Å². The Morgan fingerprint density at radius 1 is 1.07 bits per heavy atom. The van der Waals surface area contributed by atoms with Crippen molar-refractivity contribution in [2.45, 2.75) is 81.6 Å². The number of amides is 3. The first-order valence-corrected chi connectivity index (χ1v) is 14.6. The number of methoxy groups -OCH3 is 1. The van der Waals surface area contributed by atoms with Crippen molar-refractivity contribution in [1.82, 2.24) is 20.9 Å². The molecule has 1 fully saturated rings. The van der Waals surface area contributed by atoms with E-state index in [1.807, 2.05) is 30.3 Å². The summed E-state index contributed by atoms with van der Waals surface area (Å²) in [5.41, 5.74) is 11.8. The molecule has 0 spiro atoms.